The van der Waals surface area contributed by atoms with Crippen LogP contribution in [-0.2, 0) is 11.2 Å². The van der Waals surface area contributed by atoms with E-state index in [0.717, 1.165) is 0 Å². The molecule has 35 heavy (non-hydrogen) atoms. The monoisotopic (exact) mass is 482 g/mol. The van der Waals surface area contributed by atoms with Gasteiger partial charge in [-0.2, -0.15) is 0 Å². The van der Waals surface area contributed by atoms with E-state index in [1.54, 1.807) is 6.92 Å². The smallest absolute Gasteiger partial charge is 0.198 e. The number of rotatable bonds is 2. The Balaban J connectivity index is 1.66. The fourth-order valence-corrected chi connectivity index (χ4v) is 5.48. The van der Waals surface area contributed by atoms with Gasteiger partial charge in [0.25, 0.3) is 0 Å². The molecule has 5 rings (SSSR count). The van der Waals surface area contributed by atoms with E-state index in [2.05, 4.69) is 0 Å². The van der Waals surface area contributed by atoms with E-state index in [1.165, 1.54) is 32.2 Å². The number of phenols is 1. The third-order valence-corrected chi connectivity index (χ3v) is 7.20. The van der Waals surface area contributed by atoms with Gasteiger partial charge < -0.3 is 29.9 Å². The van der Waals surface area contributed by atoms with E-state index in [-0.39, 0.29) is 58.4 Å². The van der Waals surface area contributed by atoms with Gasteiger partial charge in [-0.15, -0.1) is 0 Å². The van der Waals surface area contributed by atoms with Crippen molar-refractivity contribution in [3.63, 3.8) is 0 Å². The number of benzene rings is 2. The van der Waals surface area contributed by atoms with Gasteiger partial charge in [0.1, 0.15) is 17.6 Å². The molecule has 2 aliphatic carbocycles. The molecule has 0 saturated carbocycles. The quantitative estimate of drug-likeness (QED) is 0.427. The Hall–Kier alpha value is -3.11. The minimum absolute atomic E-state index is 0.00760. The molecule has 0 amide bonds. The first-order valence-corrected chi connectivity index (χ1v) is 11.4. The van der Waals surface area contributed by atoms with Crippen molar-refractivity contribution in [1.82, 2.24) is 0 Å². The summed E-state index contributed by atoms with van der Waals surface area (Å²) in [5.74, 6) is -1.94. The van der Waals surface area contributed by atoms with Crippen molar-refractivity contribution in [3.8, 4) is 11.5 Å². The SMILES string of the molecule is COc1cc2c(c3c1C[C@@](C)(O)CC3=O)C(=O)c1ccc([C@H]3C[C@H](O)[C@H](O)[C@@H](C)O3)c(O)c1C2=O. The number of ketones is 3. The molecule has 1 saturated heterocycles. The fourth-order valence-electron chi connectivity index (χ4n) is 5.48. The topological polar surface area (TPSA) is 151 Å². The Morgan fingerprint density at radius 1 is 1.03 bits per heavy atom. The van der Waals surface area contributed by atoms with Gasteiger partial charge in [-0.1, -0.05) is 6.07 Å². The maximum absolute atomic E-state index is 13.6. The number of aromatic hydroxyl groups is 1. The van der Waals surface area contributed by atoms with E-state index >= 15 is 0 Å². The summed E-state index contributed by atoms with van der Waals surface area (Å²) in [6.45, 7) is 3.11. The number of methoxy groups -OCH3 is 1. The van der Waals surface area contributed by atoms with Crippen LogP contribution in [0.25, 0.3) is 0 Å². The second-order valence-corrected chi connectivity index (χ2v) is 9.84. The molecule has 1 aliphatic heterocycles. The molecule has 184 valence electrons. The number of aliphatic hydroxyl groups is 3. The number of hydrogen-bond donors (Lipinski definition) is 4. The van der Waals surface area contributed by atoms with Crippen LogP contribution in [0.5, 0.6) is 11.5 Å². The zero-order chi connectivity index (χ0) is 25.4. The summed E-state index contributed by atoms with van der Waals surface area (Å²) in [6, 6.07) is 4.23. The van der Waals surface area contributed by atoms with Crippen molar-refractivity contribution in [2.75, 3.05) is 7.11 Å². The molecule has 2 aromatic rings. The minimum Gasteiger partial charge on any atom is -0.507 e. The average Bonchev–Trinajstić information content (AvgIpc) is 2.78. The molecule has 2 aromatic carbocycles. The Morgan fingerprint density at radius 3 is 2.37 bits per heavy atom. The standard InChI is InChI=1S/C26H26O9/c1-10-22(29)15(27)7-18(35-10)11-4-5-12-21(23(11)30)25(32)13-6-17(34-3)14-8-26(2,33)9-16(28)19(14)20(13)24(12)31/h4-6,10,15,18,22,27,29-30,33H,7-9H2,1-3H3/t10-,15+,18-,22-,26-/m1/s1. The van der Waals surface area contributed by atoms with Crippen LogP contribution in [0.2, 0.25) is 0 Å². The van der Waals surface area contributed by atoms with Crippen LogP contribution in [0.15, 0.2) is 18.2 Å². The van der Waals surface area contributed by atoms with Gasteiger partial charge in [-0.3, -0.25) is 14.4 Å². The molecule has 0 spiro atoms. The summed E-state index contributed by atoms with van der Waals surface area (Å²) in [5, 5.41) is 41.8. The summed E-state index contributed by atoms with van der Waals surface area (Å²) < 4.78 is 11.2. The Kier molecular flexibility index (Phi) is 5.37. The third kappa shape index (κ3) is 3.49. The van der Waals surface area contributed by atoms with Crippen LogP contribution >= 0.6 is 0 Å². The van der Waals surface area contributed by atoms with Crippen molar-refractivity contribution >= 4 is 17.3 Å². The zero-order valence-corrected chi connectivity index (χ0v) is 19.5. The molecular formula is C26H26O9. The molecule has 1 fully saturated rings. The average molecular weight is 482 g/mol. The largest absolute Gasteiger partial charge is 0.507 e. The van der Waals surface area contributed by atoms with Crippen LogP contribution in [-0.4, -0.2) is 68.8 Å². The molecule has 9 heteroatoms. The molecule has 3 aliphatic rings. The van der Waals surface area contributed by atoms with Crippen molar-refractivity contribution < 1.29 is 44.3 Å². The zero-order valence-electron chi connectivity index (χ0n) is 19.5. The number of aliphatic hydroxyl groups excluding tert-OH is 2. The maximum atomic E-state index is 13.6. The van der Waals surface area contributed by atoms with Crippen molar-refractivity contribution in [2.45, 2.75) is 63.1 Å². The predicted molar refractivity (Wildman–Crippen MR) is 121 cm³/mol. The lowest BCUT2D eigenvalue weighted by Crippen LogP contribution is -2.44. The maximum Gasteiger partial charge on any atom is 0.198 e. The molecular weight excluding hydrogens is 456 g/mol. The first kappa shape index (κ1) is 23.6. The van der Waals surface area contributed by atoms with Crippen molar-refractivity contribution in [3.05, 3.63) is 57.1 Å². The number of hydrogen-bond acceptors (Lipinski definition) is 9. The molecule has 0 unspecified atom stereocenters. The van der Waals surface area contributed by atoms with Gasteiger partial charge in [0.2, 0.25) is 0 Å². The first-order valence-electron chi connectivity index (χ1n) is 11.4. The molecule has 0 radical (unpaired) electrons. The van der Waals surface area contributed by atoms with Crippen LogP contribution in [0.3, 0.4) is 0 Å². The van der Waals surface area contributed by atoms with Crippen LogP contribution in [0.4, 0.5) is 0 Å². The van der Waals surface area contributed by atoms with E-state index in [0.29, 0.717) is 5.56 Å². The van der Waals surface area contributed by atoms with Gasteiger partial charge in [-0.05, 0) is 26.0 Å². The van der Waals surface area contributed by atoms with Crippen molar-refractivity contribution in [2.24, 2.45) is 0 Å². The molecule has 9 nitrogen and oxygen atoms in total. The molecule has 5 atom stereocenters. The summed E-state index contributed by atoms with van der Waals surface area (Å²) in [5.41, 5.74) is -1.04. The molecule has 1 heterocycles. The number of carbonyl (C=O) groups excluding carboxylic acids is 3. The number of ether oxygens (including phenoxy) is 2. The van der Waals surface area contributed by atoms with Crippen LogP contribution < -0.4 is 4.74 Å². The molecule has 4 N–H and O–H groups in total. The van der Waals surface area contributed by atoms with Crippen LogP contribution in [0, 0.1) is 0 Å². The van der Waals surface area contributed by atoms with Gasteiger partial charge in [-0.25, -0.2) is 0 Å². The number of fused-ring (bicyclic) bond motifs is 4. The highest BCUT2D eigenvalue weighted by Gasteiger charge is 2.44. The molecule has 0 aromatic heterocycles. The highest BCUT2D eigenvalue weighted by Crippen LogP contribution is 2.45. The van der Waals surface area contributed by atoms with E-state index < -0.39 is 53.1 Å². The Bertz CT molecular complexity index is 1280. The lowest BCUT2D eigenvalue weighted by molar-refractivity contribution is -0.163. The van der Waals surface area contributed by atoms with Crippen LogP contribution in [0.1, 0.15) is 86.1 Å². The second-order valence-electron chi connectivity index (χ2n) is 9.84. The highest BCUT2D eigenvalue weighted by molar-refractivity contribution is 6.32. The van der Waals surface area contributed by atoms with E-state index in [9.17, 15) is 34.8 Å². The number of carbonyl (C=O) groups is 3. The highest BCUT2D eigenvalue weighted by atomic mass is 16.5. The summed E-state index contributed by atoms with van der Waals surface area (Å²) in [6.07, 6.45) is -3.82. The lowest BCUT2D eigenvalue weighted by atomic mass is 9.72. The number of Topliss-reactive ketones (excluding diaryl/α,β-unsaturated/α-hetero) is 1. The van der Waals surface area contributed by atoms with E-state index in [1.807, 2.05) is 0 Å². The van der Waals surface area contributed by atoms with E-state index in [4.69, 9.17) is 9.47 Å². The number of phenolic OH excluding ortho intramolecular Hbond substituents is 1. The van der Waals surface area contributed by atoms with Gasteiger partial charge in [0.15, 0.2) is 17.3 Å². The summed E-state index contributed by atoms with van der Waals surface area (Å²) >= 11 is 0. The third-order valence-electron chi connectivity index (χ3n) is 7.20. The normalized spacial score (nSPS) is 29.9. The molecule has 0 bridgehead atoms. The van der Waals surface area contributed by atoms with Gasteiger partial charge >= 0.3 is 0 Å². The fraction of sp³-hybridized carbons (Fsp3) is 0.423. The Morgan fingerprint density at radius 2 is 1.71 bits per heavy atom. The van der Waals surface area contributed by atoms with Gasteiger partial charge in [0.05, 0.1) is 36.6 Å². The lowest BCUT2D eigenvalue weighted by Gasteiger charge is -2.36. The summed E-state index contributed by atoms with van der Waals surface area (Å²) in [7, 11) is 1.37. The first-order chi connectivity index (χ1) is 16.4. The van der Waals surface area contributed by atoms with Gasteiger partial charge in [0, 0.05) is 52.6 Å². The summed E-state index contributed by atoms with van der Waals surface area (Å²) in [4.78, 5) is 40.2. The Labute approximate surface area is 200 Å². The predicted octanol–water partition coefficient (Wildman–Crippen LogP) is 1.63. The van der Waals surface area contributed by atoms with Crippen molar-refractivity contribution in [1.29, 1.82) is 0 Å². The second kappa shape index (κ2) is 7.96. The minimum atomic E-state index is -1.31.